The summed E-state index contributed by atoms with van der Waals surface area (Å²) in [5.41, 5.74) is -0.787. The van der Waals surface area contributed by atoms with Gasteiger partial charge in [-0.1, -0.05) is 33.6 Å². The Kier molecular flexibility index (Phi) is 5.08. The normalized spacial score (nSPS) is 28.4. The van der Waals surface area contributed by atoms with Crippen molar-refractivity contribution in [2.45, 2.75) is 70.9 Å². The molecule has 2 unspecified atom stereocenters. The molecule has 0 bridgehead atoms. The Morgan fingerprint density at radius 3 is 2.64 bits per heavy atom. The highest BCUT2D eigenvalue weighted by molar-refractivity contribution is 6.09. The number of imide groups is 1. The molecule has 1 aliphatic carbocycles. The average molecular weight is 309 g/mol. The first-order valence-corrected chi connectivity index (χ1v) is 8.38. The highest BCUT2D eigenvalue weighted by Crippen LogP contribution is 2.38. The monoisotopic (exact) mass is 309 g/mol. The summed E-state index contributed by atoms with van der Waals surface area (Å²) in [4.78, 5) is 38.1. The van der Waals surface area contributed by atoms with Crippen LogP contribution in [0, 0.1) is 5.92 Å². The van der Waals surface area contributed by atoms with E-state index in [1.165, 1.54) is 0 Å². The van der Waals surface area contributed by atoms with E-state index in [1.54, 1.807) is 0 Å². The maximum Gasteiger partial charge on any atom is 0.325 e. The zero-order chi connectivity index (χ0) is 16.3. The Hall–Kier alpha value is -1.59. The quantitative estimate of drug-likeness (QED) is 0.760. The van der Waals surface area contributed by atoms with Gasteiger partial charge >= 0.3 is 6.03 Å². The SMILES string of the molecule is CCC(CC)NC(=O)CN1C(=O)NC2(CCCCC2C)C1=O. The van der Waals surface area contributed by atoms with Crippen LogP contribution in [0.5, 0.6) is 0 Å². The summed E-state index contributed by atoms with van der Waals surface area (Å²) in [6.07, 6.45) is 5.29. The second-order valence-corrected chi connectivity index (χ2v) is 6.52. The van der Waals surface area contributed by atoms with Gasteiger partial charge in [0.1, 0.15) is 12.1 Å². The lowest BCUT2D eigenvalue weighted by Gasteiger charge is -2.36. The molecular weight excluding hydrogens is 282 g/mol. The summed E-state index contributed by atoms with van der Waals surface area (Å²) in [5.74, 6) is -0.382. The minimum atomic E-state index is -0.787. The van der Waals surface area contributed by atoms with Crippen LogP contribution >= 0.6 is 0 Å². The van der Waals surface area contributed by atoms with Gasteiger partial charge in [-0.05, 0) is 31.6 Å². The lowest BCUT2D eigenvalue weighted by molar-refractivity contribution is -0.137. The van der Waals surface area contributed by atoms with Gasteiger partial charge in [0.05, 0.1) is 0 Å². The van der Waals surface area contributed by atoms with Gasteiger partial charge in [0.25, 0.3) is 5.91 Å². The van der Waals surface area contributed by atoms with E-state index in [0.717, 1.165) is 37.0 Å². The van der Waals surface area contributed by atoms with Crippen LogP contribution in [0.3, 0.4) is 0 Å². The number of nitrogens with zero attached hydrogens (tertiary/aromatic N) is 1. The molecule has 1 saturated carbocycles. The molecule has 0 aromatic rings. The van der Waals surface area contributed by atoms with Crippen molar-refractivity contribution in [2.75, 3.05) is 6.54 Å². The fourth-order valence-corrected chi connectivity index (χ4v) is 3.55. The fraction of sp³-hybridized carbons (Fsp3) is 0.812. The van der Waals surface area contributed by atoms with Crippen molar-refractivity contribution in [1.82, 2.24) is 15.5 Å². The van der Waals surface area contributed by atoms with Gasteiger partial charge in [0.15, 0.2) is 0 Å². The summed E-state index contributed by atoms with van der Waals surface area (Å²) in [7, 11) is 0. The Balaban J connectivity index is 2.04. The minimum Gasteiger partial charge on any atom is -0.352 e. The van der Waals surface area contributed by atoms with Crippen LogP contribution in [0.25, 0.3) is 0 Å². The molecule has 2 rings (SSSR count). The molecule has 4 amide bonds. The van der Waals surface area contributed by atoms with E-state index in [4.69, 9.17) is 0 Å². The Morgan fingerprint density at radius 1 is 1.36 bits per heavy atom. The highest BCUT2D eigenvalue weighted by atomic mass is 16.2. The fourth-order valence-electron chi connectivity index (χ4n) is 3.55. The number of hydrogen-bond acceptors (Lipinski definition) is 3. The van der Waals surface area contributed by atoms with Gasteiger partial charge in [-0.15, -0.1) is 0 Å². The predicted octanol–water partition coefficient (Wildman–Crippen LogP) is 1.79. The molecule has 6 nitrogen and oxygen atoms in total. The standard InChI is InChI=1S/C16H27N3O3/c1-4-12(5-2)17-13(20)10-19-14(21)16(18-15(19)22)9-7-6-8-11(16)3/h11-12H,4-10H2,1-3H3,(H,17,20)(H,18,22). The molecule has 1 heterocycles. The molecule has 2 fully saturated rings. The van der Waals surface area contributed by atoms with Crippen molar-refractivity contribution in [2.24, 2.45) is 5.92 Å². The number of rotatable bonds is 5. The molecule has 0 radical (unpaired) electrons. The van der Waals surface area contributed by atoms with E-state index < -0.39 is 11.6 Å². The number of amides is 4. The molecule has 22 heavy (non-hydrogen) atoms. The lowest BCUT2D eigenvalue weighted by Crippen LogP contribution is -2.54. The molecule has 124 valence electrons. The van der Waals surface area contributed by atoms with Gasteiger partial charge in [-0.2, -0.15) is 0 Å². The van der Waals surface area contributed by atoms with E-state index in [-0.39, 0.29) is 30.3 Å². The number of nitrogens with one attached hydrogen (secondary N) is 2. The molecule has 1 aliphatic heterocycles. The summed E-state index contributed by atoms with van der Waals surface area (Å²) in [5, 5.41) is 5.74. The average Bonchev–Trinajstić information content (AvgIpc) is 2.73. The second kappa shape index (κ2) is 6.67. The van der Waals surface area contributed by atoms with Crippen LogP contribution in [0.15, 0.2) is 0 Å². The van der Waals surface area contributed by atoms with E-state index in [1.807, 2.05) is 20.8 Å². The third kappa shape index (κ3) is 2.96. The third-order valence-electron chi connectivity index (χ3n) is 5.15. The highest BCUT2D eigenvalue weighted by Gasteiger charge is 2.55. The first-order chi connectivity index (χ1) is 10.4. The van der Waals surface area contributed by atoms with E-state index in [2.05, 4.69) is 10.6 Å². The van der Waals surface area contributed by atoms with Crippen LogP contribution in [-0.2, 0) is 9.59 Å². The minimum absolute atomic E-state index is 0.0934. The zero-order valence-electron chi connectivity index (χ0n) is 13.8. The first-order valence-electron chi connectivity index (χ1n) is 8.38. The van der Waals surface area contributed by atoms with Crippen molar-refractivity contribution in [3.05, 3.63) is 0 Å². The van der Waals surface area contributed by atoms with E-state index in [9.17, 15) is 14.4 Å². The van der Waals surface area contributed by atoms with Crippen LogP contribution in [-0.4, -0.2) is 40.9 Å². The number of carbonyl (C=O) groups is 3. The topological polar surface area (TPSA) is 78.5 Å². The van der Waals surface area contributed by atoms with Crippen molar-refractivity contribution < 1.29 is 14.4 Å². The maximum atomic E-state index is 12.7. The van der Waals surface area contributed by atoms with Crippen molar-refractivity contribution in [1.29, 1.82) is 0 Å². The van der Waals surface area contributed by atoms with Crippen LogP contribution in [0.1, 0.15) is 59.3 Å². The summed E-state index contributed by atoms with van der Waals surface area (Å²) in [6.45, 7) is 5.82. The van der Waals surface area contributed by atoms with E-state index >= 15 is 0 Å². The smallest absolute Gasteiger partial charge is 0.325 e. The Bertz CT molecular complexity index is 462. The van der Waals surface area contributed by atoms with Gasteiger partial charge in [-0.25, -0.2) is 4.79 Å². The molecule has 0 aromatic carbocycles. The summed E-state index contributed by atoms with van der Waals surface area (Å²) >= 11 is 0. The van der Waals surface area contributed by atoms with Gasteiger partial charge < -0.3 is 10.6 Å². The van der Waals surface area contributed by atoms with Crippen LogP contribution in [0.4, 0.5) is 4.79 Å². The molecule has 2 aliphatic rings. The molecule has 2 N–H and O–H groups in total. The van der Waals surface area contributed by atoms with Crippen LogP contribution < -0.4 is 10.6 Å². The molecule has 6 heteroatoms. The largest absolute Gasteiger partial charge is 0.352 e. The molecular formula is C16H27N3O3. The number of hydrogen-bond donors (Lipinski definition) is 2. The number of carbonyl (C=O) groups excluding carboxylic acids is 3. The number of urea groups is 1. The molecule has 2 atom stereocenters. The third-order valence-corrected chi connectivity index (χ3v) is 5.15. The molecule has 1 saturated heterocycles. The second-order valence-electron chi connectivity index (χ2n) is 6.52. The Labute approximate surface area is 132 Å². The van der Waals surface area contributed by atoms with Crippen molar-refractivity contribution in [3.8, 4) is 0 Å². The summed E-state index contributed by atoms with van der Waals surface area (Å²) < 4.78 is 0. The van der Waals surface area contributed by atoms with Crippen molar-refractivity contribution in [3.63, 3.8) is 0 Å². The molecule has 1 spiro atoms. The predicted molar refractivity (Wildman–Crippen MR) is 83.1 cm³/mol. The lowest BCUT2D eigenvalue weighted by atomic mass is 9.73. The van der Waals surface area contributed by atoms with Gasteiger partial charge in [0.2, 0.25) is 5.91 Å². The molecule has 0 aromatic heterocycles. The Morgan fingerprint density at radius 2 is 2.05 bits per heavy atom. The van der Waals surface area contributed by atoms with Gasteiger partial charge in [0, 0.05) is 6.04 Å². The van der Waals surface area contributed by atoms with E-state index in [0.29, 0.717) is 6.42 Å². The zero-order valence-corrected chi connectivity index (χ0v) is 13.8. The maximum absolute atomic E-state index is 12.7. The van der Waals surface area contributed by atoms with Crippen LogP contribution in [0.2, 0.25) is 0 Å². The first kappa shape index (κ1) is 16.8. The summed E-state index contributed by atoms with van der Waals surface area (Å²) in [6, 6.07) is -0.339. The van der Waals surface area contributed by atoms with Gasteiger partial charge in [-0.3, -0.25) is 14.5 Å². The van der Waals surface area contributed by atoms with Crippen molar-refractivity contribution >= 4 is 17.8 Å².